The topological polar surface area (TPSA) is 108 Å². The van der Waals surface area contributed by atoms with Crippen LogP contribution in [0.2, 0.25) is 0 Å². The normalized spacial score (nSPS) is 14.7. The summed E-state index contributed by atoms with van der Waals surface area (Å²) in [5.41, 5.74) is 9.60. The summed E-state index contributed by atoms with van der Waals surface area (Å²) < 4.78 is 14.4. The van der Waals surface area contributed by atoms with Crippen LogP contribution < -0.4 is 10.6 Å². The molecule has 0 bridgehead atoms. The van der Waals surface area contributed by atoms with Crippen LogP contribution >= 0.6 is 0 Å². The number of nitrogens with two attached hydrogens (primary N) is 1. The Morgan fingerprint density at radius 1 is 1.06 bits per heavy atom. The molecule has 31 heavy (non-hydrogen) atoms. The summed E-state index contributed by atoms with van der Waals surface area (Å²) in [5, 5.41) is 17.0. The van der Waals surface area contributed by atoms with Crippen molar-refractivity contribution in [1.29, 1.82) is 5.26 Å². The summed E-state index contributed by atoms with van der Waals surface area (Å²) in [5.74, 6) is 0.159. The van der Waals surface area contributed by atoms with Gasteiger partial charge in [-0.3, -0.25) is 10.1 Å². The van der Waals surface area contributed by atoms with Gasteiger partial charge in [0.25, 0.3) is 0 Å². The standard InChI is InChI=1S/C23H20FN7/c24-19-10-15(1-2-16(19)11-25)23-22(14-3-4-20-17(9-14)12-28-30-20)27-13-21(29-23)31-7-5-18(26)6-8-31/h1-4,9-10,12-13,18H,5-8,26H2,(H,28,30). The average Bonchev–Trinajstić information content (AvgIpc) is 3.27. The van der Waals surface area contributed by atoms with Crippen LogP contribution in [0.1, 0.15) is 18.4 Å². The fraction of sp³-hybridized carbons (Fsp3) is 0.217. The largest absolute Gasteiger partial charge is 0.355 e. The van der Waals surface area contributed by atoms with Crippen LogP contribution in [0.5, 0.6) is 0 Å². The van der Waals surface area contributed by atoms with Crippen molar-refractivity contribution < 1.29 is 4.39 Å². The number of nitriles is 1. The number of rotatable bonds is 3. The Hall–Kier alpha value is -3.83. The first-order valence-electron chi connectivity index (χ1n) is 10.1. The predicted molar refractivity (Wildman–Crippen MR) is 117 cm³/mol. The molecule has 0 aliphatic carbocycles. The van der Waals surface area contributed by atoms with E-state index in [4.69, 9.17) is 21.0 Å². The molecule has 5 rings (SSSR count). The van der Waals surface area contributed by atoms with E-state index < -0.39 is 5.82 Å². The molecule has 0 unspecified atom stereocenters. The van der Waals surface area contributed by atoms with E-state index in [2.05, 4.69) is 15.1 Å². The van der Waals surface area contributed by atoms with Gasteiger partial charge in [-0.15, -0.1) is 0 Å². The Kier molecular flexibility index (Phi) is 4.81. The first kappa shape index (κ1) is 19.2. The van der Waals surface area contributed by atoms with Crippen molar-refractivity contribution in [2.24, 2.45) is 5.73 Å². The quantitative estimate of drug-likeness (QED) is 0.531. The number of hydrogen-bond donors (Lipinski definition) is 2. The Bertz CT molecular complexity index is 1300. The maximum absolute atomic E-state index is 14.4. The van der Waals surface area contributed by atoms with E-state index in [1.54, 1.807) is 18.5 Å². The number of aromatic amines is 1. The number of benzene rings is 2. The molecule has 0 radical (unpaired) electrons. The van der Waals surface area contributed by atoms with Crippen molar-refractivity contribution in [2.45, 2.75) is 18.9 Å². The van der Waals surface area contributed by atoms with Crippen molar-refractivity contribution in [3.63, 3.8) is 0 Å². The molecule has 2 aromatic heterocycles. The molecule has 3 N–H and O–H groups in total. The highest BCUT2D eigenvalue weighted by Gasteiger charge is 2.21. The summed E-state index contributed by atoms with van der Waals surface area (Å²) in [6.45, 7) is 1.61. The second-order valence-corrected chi connectivity index (χ2v) is 7.73. The van der Waals surface area contributed by atoms with Gasteiger partial charge in [0.1, 0.15) is 17.7 Å². The highest BCUT2D eigenvalue weighted by atomic mass is 19.1. The molecule has 154 valence electrons. The van der Waals surface area contributed by atoms with Crippen molar-refractivity contribution in [1.82, 2.24) is 20.2 Å². The van der Waals surface area contributed by atoms with E-state index >= 15 is 0 Å². The number of aromatic nitrogens is 4. The Morgan fingerprint density at radius 3 is 2.61 bits per heavy atom. The van der Waals surface area contributed by atoms with Crippen LogP contribution in [0.4, 0.5) is 10.2 Å². The lowest BCUT2D eigenvalue weighted by molar-refractivity contribution is 0.498. The summed E-state index contributed by atoms with van der Waals surface area (Å²) in [6, 6.07) is 12.4. The van der Waals surface area contributed by atoms with Gasteiger partial charge in [-0.1, -0.05) is 12.1 Å². The second-order valence-electron chi connectivity index (χ2n) is 7.73. The van der Waals surface area contributed by atoms with Crippen LogP contribution in [-0.2, 0) is 0 Å². The van der Waals surface area contributed by atoms with Crippen LogP contribution in [0.3, 0.4) is 0 Å². The minimum Gasteiger partial charge on any atom is -0.355 e. The third-order valence-electron chi connectivity index (χ3n) is 5.70. The molecule has 1 aliphatic rings. The number of halogens is 1. The Balaban J connectivity index is 1.64. The Labute approximate surface area is 178 Å². The van der Waals surface area contributed by atoms with Crippen LogP contribution in [0, 0.1) is 17.1 Å². The number of nitrogens with one attached hydrogen (secondary N) is 1. The van der Waals surface area contributed by atoms with Gasteiger partial charge in [0.15, 0.2) is 0 Å². The van der Waals surface area contributed by atoms with Gasteiger partial charge < -0.3 is 10.6 Å². The Morgan fingerprint density at radius 2 is 1.84 bits per heavy atom. The minimum absolute atomic E-state index is 0.000696. The first-order chi connectivity index (χ1) is 15.1. The third-order valence-corrected chi connectivity index (χ3v) is 5.70. The molecule has 0 amide bonds. The van der Waals surface area contributed by atoms with Crippen molar-refractivity contribution in [3.05, 3.63) is 60.2 Å². The lowest BCUT2D eigenvalue weighted by Gasteiger charge is -2.31. The highest BCUT2D eigenvalue weighted by Crippen LogP contribution is 2.33. The van der Waals surface area contributed by atoms with Gasteiger partial charge in [0.2, 0.25) is 0 Å². The van der Waals surface area contributed by atoms with Gasteiger partial charge in [0.05, 0.1) is 34.9 Å². The van der Waals surface area contributed by atoms with E-state index in [0.29, 0.717) is 17.0 Å². The van der Waals surface area contributed by atoms with Gasteiger partial charge in [-0.05, 0) is 37.1 Å². The maximum Gasteiger partial charge on any atom is 0.147 e. The first-order valence-corrected chi connectivity index (χ1v) is 10.1. The van der Waals surface area contributed by atoms with Crippen molar-refractivity contribution >= 4 is 16.7 Å². The minimum atomic E-state index is -0.576. The lowest BCUT2D eigenvalue weighted by atomic mass is 10.0. The molecular formula is C23H20FN7. The third kappa shape index (κ3) is 3.60. The molecule has 2 aromatic carbocycles. The fourth-order valence-corrected chi connectivity index (χ4v) is 3.92. The predicted octanol–water partition coefficient (Wildman–Crippen LogP) is 3.63. The highest BCUT2D eigenvalue weighted by molar-refractivity contribution is 5.87. The number of piperidine rings is 1. The zero-order valence-electron chi connectivity index (χ0n) is 16.7. The van der Waals surface area contributed by atoms with Gasteiger partial charge in [-0.25, -0.2) is 9.37 Å². The number of hydrogen-bond acceptors (Lipinski definition) is 6. The fourth-order valence-electron chi connectivity index (χ4n) is 3.92. The second kappa shape index (κ2) is 7.78. The van der Waals surface area contributed by atoms with Crippen LogP contribution in [0.25, 0.3) is 33.4 Å². The monoisotopic (exact) mass is 413 g/mol. The molecule has 1 aliphatic heterocycles. The molecule has 3 heterocycles. The average molecular weight is 413 g/mol. The molecule has 7 nitrogen and oxygen atoms in total. The van der Waals surface area contributed by atoms with Crippen molar-refractivity contribution in [2.75, 3.05) is 18.0 Å². The van der Waals surface area contributed by atoms with E-state index in [1.807, 2.05) is 24.3 Å². The SMILES string of the molecule is N#Cc1ccc(-c2nc(N3CCC(N)CC3)cnc2-c2ccc3[nH]ncc3c2)cc1F. The van der Waals surface area contributed by atoms with E-state index in [9.17, 15) is 4.39 Å². The lowest BCUT2D eigenvalue weighted by Crippen LogP contribution is -2.40. The summed E-state index contributed by atoms with van der Waals surface area (Å²) in [4.78, 5) is 11.8. The van der Waals surface area contributed by atoms with Crippen LogP contribution in [-0.4, -0.2) is 39.3 Å². The number of nitrogens with zero attached hydrogens (tertiary/aromatic N) is 5. The molecular weight excluding hydrogens is 393 g/mol. The zero-order chi connectivity index (χ0) is 21.4. The van der Waals surface area contributed by atoms with E-state index in [0.717, 1.165) is 48.2 Å². The smallest absolute Gasteiger partial charge is 0.147 e. The molecule has 0 spiro atoms. The molecule has 0 atom stereocenters. The molecule has 4 aromatic rings. The van der Waals surface area contributed by atoms with Crippen LogP contribution in [0.15, 0.2) is 48.8 Å². The number of anilines is 1. The van der Waals surface area contributed by atoms with Gasteiger partial charge in [0, 0.05) is 35.6 Å². The molecule has 1 saturated heterocycles. The number of H-pyrrole nitrogens is 1. The molecule has 0 saturated carbocycles. The summed E-state index contributed by atoms with van der Waals surface area (Å²) >= 11 is 0. The van der Waals surface area contributed by atoms with Crippen molar-refractivity contribution in [3.8, 4) is 28.6 Å². The summed E-state index contributed by atoms with van der Waals surface area (Å²) in [7, 11) is 0. The van der Waals surface area contributed by atoms with Gasteiger partial charge >= 0.3 is 0 Å². The summed E-state index contributed by atoms with van der Waals surface area (Å²) in [6.07, 6.45) is 5.29. The maximum atomic E-state index is 14.4. The van der Waals surface area contributed by atoms with E-state index in [-0.39, 0.29) is 11.6 Å². The van der Waals surface area contributed by atoms with E-state index in [1.165, 1.54) is 12.1 Å². The number of fused-ring (bicyclic) bond motifs is 1. The molecule has 8 heteroatoms. The zero-order valence-corrected chi connectivity index (χ0v) is 16.7. The molecule has 1 fully saturated rings. The van der Waals surface area contributed by atoms with Gasteiger partial charge in [-0.2, -0.15) is 10.4 Å².